The highest BCUT2D eigenvalue weighted by molar-refractivity contribution is 7.89. The molecule has 1 aromatic heterocycles. The van der Waals surface area contributed by atoms with Gasteiger partial charge in [-0.15, -0.1) is 0 Å². The number of anilines is 1. The van der Waals surface area contributed by atoms with Gasteiger partial charge in [-0.3, -0.25) is 4.79 Å². The maximum absolute atomic E-state index is 13.1. The lowest BCUT2D eigenvalue weighted by Crippen LogP contribution is -2.32. The smallest absolute Gasteiger partial charge is 0.244 e. The van der Waals surface area contributed by atoms with Crippen LogP contribution in [0, 0.1) is 12.8 Å². The highest BCUT2D eigenvalue weighted by Crippen LogP contribution is 2.37. The van der Waals surface area contributed by atoms with Crippen molar-refractivity contribution >= 4 is 32.4 Å². The molecule has 1 aromatic carbocycles. The Kier molecular flexibility index (Phi) is 6.64. The minimum atomic E-state index is -3.71. The molecule has 0 radical (unpaired) electrons. The van der Waals surface area contributed by atoms with E-state index in [0.717, 1.165) is 67.5 Å². The number of hydrogen-bond acceptors (Lipinski definition) is 6. The first kappa shape index (κ1) is 22.2. The Morgan fingerprint density at radius 1 is 1.13 bits per heavy atom. The van der Waals surface area contributed by atoms with E-state index >= 15 is 0 Å². The summed E-state index contributed by atoms with van der Waals surface area (Å²) in [6.45, 7) is 1.87. The lowest BCUT2D eigenvalue weighted by Gasteiger charge is -2.15. The van der Waals surface area contributed by atoms with Crippen LogP contribution >= 0.6 is 11.3 Å². The van der Waals surface area contributed by atoms with Crippen molar-refractivity contribution < 1.29 is 17.9 Å². The van der Waals surface area contributed by atoms with Crippen molar-refractivity contribution in [2.24, 2.45) is 5.92 Å². The van der Waals surface area contributed by atoms with Crippen LogP contribution in [-0.4, -0.2) is 32.5 Å². The molecule has 2 saturated carbocycles. The molecule has 2 aromatic rings. The lowest BCUT2D eigenvalue weighted by atomic mass is 10.1. The minimum Gasteiger partial charge on any atom is -0.495 e. The molecule has 0 bridgehead atoms. The van der Waals surface area contributed by atoms with Crippen LogP contribution in [0.15, 0.2) is 23.1 Å². The number of carbonyl (C=O) groups is 1. The number of aromatic nitrogens is 1. The van der Waals surface area contributed by atoms with E-state index in [-0.39, 0.29) is 22.8 Å². The summed E-state index contributed by atoms with van der Waals surface area (Å²) in [6.07, 6.45) is 7.85. The summed E-state index contributed by atoms with van der Waals surface area (Å²) in [5.74, 6) is 0.398. The van der Waals surface area contributed by atoms with Crippen molar-refractivity contribution in [3.63, 3.8) is 0 Å². The van der Waals surface area contributed by atoms with Gasteiger partial charge in [0.15, 0.2) is 5.13 Å². The molecule has 2 fully saturated rings. The number of aryl methyl sites for hydroxylation is 1. The zero-order chi connectivity index (χ0) is 22.0. The number of hydrogen-bond donors (Lipinski definition) is 2. The first-order chi connectivity index (χ1) is 14.9. The van der Waals surface area contributed by atoms with Crippen LogP contribution in [0.2, 0.25) is 0 Å². The van der Waals surface area contributed by atoms with E-state index in [4.69, 9.17) is 4.74 Å². The summed E-state index contributed by atoms with van der Waals surface area (Å²) >= 11 is 1.37. The SMILES string of the molecule is COc1ccc(-c2sc(NC(=O)C3CCCC3)nc2C)cc1S(=O)(=O)NC1CCCC1. The van der Waals surface area contributed by atoms with Crippen LogP contribution in [0.5, 0.6) is 5.75 Å². The van der Waals surface area contributed by atoms with E-state index < -0.39 is 10.0 Å². The van der Waals surface area contributed by atoms with Crippen LogP contribution in [-0.2, 0) is 14.8 Å². The number of amides is 1. The van der Waals surface area contributed by atoms with Crippen LogP contribution in [0.1, 0.15) is 57.1 Å². The monoisotopic (exact) mass is 463 g/mol. The Morgan fingerprint density at radius 3 is 2.48 bits per heavy atom. The Hall–Kier alpha value is -1.97. The van der Waals surface area contributed by atoms with Gasteiger partial charge in [-0.25, -0.2) is 18.1 Å². The molecule has 9 heteroatoms. The second-order valence-corrected chi connectivity index (χ2v) is 11.1. The number of nitrogens with one attached hydrogen (secondary N) is 2. The average molecular weight is 464 g/mol. The molecule has 7 nitrogen and oxygen atoms in total. The summed E-state index contributed by atoms with van der Waals surface area (Å²) in [5, 5.41) is 3.49. The highest BCUT2D eigenvalue weighted by atomic mass is 32.2. The van der Waals surface area contributed by atoms with E-state index in [2.05, 4.69) is 15.0 Å². The Bertz CT molecular complexity index is 1050. The van der Waals surface area contributed by atoms with Gasteiger partial charge in [0.25, 0.3) is 0 Å². The lowest BCUT2D eigenvalue weighted by molar-refractivity contribution is -0.119. The van der Waals surface area contributed by atoms with Crippen LogP contribution in [0.3, 0.4) is 0 Å². The summed E-state index contributed by atoms with van der Waals surface area (Å²) < 4.78 is 34.3. The Balaban J connectivity index is 1.60. The van der Waals surface area contributed by atoms with Gasteiger partial charge in [-0.2, -0.15) is 0 Å². The summed E-state index contributed by atoms with van der Waals surface area (Å²) in [6, 6.07) is 5.12. The fourth-order valence-electron chi connectivity index (χ4n) is 4.47. The van der Waals surface area contributed by atoms with Gasteiger partial charge in [0.1, 0.15) is 10.6 Å². The molecule has 1 amide bonds. The Morgan fingerprint density at radius 2 is 1.81 bits per heavy atom. The van der Waals surface area contributed by atoms with Crippen molar-refractivity contribution in [1.82, 2.24) is 9.71 Å². The molecule has 0 unspecified atom stereocenters. The first-order valence-corrected chi connectivity index (χ1v) is 13.2. The maximum Gasteiger partial charge on any atom is 0.244 e. The van der Waals surface area contributed by atoms with Gasteiger partial charge in [-0.05, 0) is 56.4 Å². The molecule has 4 rings (SSSR count). The number of benzene rings is 1. The maximum atomic E-state index is 13.1. The molecular formula is C22H29N3O4S2. The van der Waals surface area contributed by atoms with Crippen LogP contribution < -0.4 is 14.8 Å². The molecule has 0 saturated heterocycles. The standard InChI is InChI=1S/C22H29N3O4S2/c1-14-20(30-22(23-14)24-21(26)15-7-3-4-8-15)16-11-12-18(29-2)19(13-16)31(27,28)25-17-9-5-6-10-17/h11-13,15,17,25H,3-10H2,1-2H3,(H,23,24,26). The molecule has 0 spiro atoms. The average Bonchev–Trinajstić information content (AvgIpc) is 3.50. The molecule has 168 valence electrons. The highest BCUT2D eigenvalue weighted by Gasteiger charge is 2.27. The second kappa shape index (κ2) is 9.26. The van der Waals surface area contributed by atoms with E-state index in [1.165, 1.54) is 18.4 Å². The third-order valence-corrected chi connectivity index (χ3v) is 8.81. The third-order valence-electron chi connectivity index (χ3n) is 6.15. The van der Waals surface area contributed by atoms with E-state index in [9.17, 15) is 13.2 Å². The van der Waals surface area contributed by atoms with Crippen molar-refractivity contribution in [3.8, 4) is 16.2 Å². The fraction of sp³-hybridized carbons (Fsp3) is 0.545. The fourth-order valence-corrected chi connectivity index (χ4v) is 6.93. The van der Waals surface area contributed by atoms with Crippen molar-refractivity contribution in [1.29, 1.82) is 0 Å². The normalized spacial score (nSPS) is 17.9. The van der Waals surface area contributed by atoms with Gasteiger partial charge >= 0.3 is 0 Å². The summed E-state index contributed by atoms with van der Waals surface area (Å²) in [7, 11) is -2.24. The topological polar surface area (TPSA) is 97.4 Å². The molecule has 31 heavy (non-hydrogen) atoms. The third kappa shape index (κ3) is 4.94. The summed E-state index contributed by atoms with van der Waals surface area (Å²) in [5.41, 5.74) is 1.49. The molecule has 2 N–H and O–H groups in total. The van der Waals surface area contributed by atoms with Crippen molar-refractivity contribution in [2.75, 3.05) is 12.4 Å². The van der Waals surface area contributed by atoms with E-state index in [1.54, 1.807) is 12.1 Å². The van der Waals surface area contributed by atoms with Crippen LogP contribution in [0.4, 0.5) is 5.13 Å². The van der Waals surface area contributed by atoms with Gasteiger partial charge in [0.05, 0.1) is 17.7 Å². The predicted molar refractivity (Wildman–Crippen MR) is 122 cm³/mol. The molecule has 1 heterocycles. The number of ether oxygens (including phenoxy) is 1. The molecule has 2 aliphatic carbocycles. The van der Waals surface area contributed by atoms with Gasteiger partial charge in [-0.1, -0.05) is 37.0 Å². The van der Waals surface area contributed by atoms with Gasteiger partial charge in [0, 0.05) is 12.0 Å². The number of methoxy groups -OCH3 is 1. The molecule has 0 atom stereocenters. The minimum absolute atomic E-state index is 0.0246. The van der Waals surface area contributed by atoms with Gasteiger partial charge < -0.3 is 10.1 Å². The predicted octanol–water partition coefficient (Wildman–Crippen LogP) is 4.48. The van der Waals surface area contributed by atoms with Crippen LogP contribution in [0.25, 0.3) is 10.4 Å². The number of sulfonamides is 1. The number of nitrogens with zero attached hydrogens (tertiary/aromatic N) is 1. The largest absolute Gasteiger partial charge is 0.495 e. The van der Waals surface area contributed by atoms with Gasteiger partial charge in [0.2, 0.25) is 15.9 Å². The number of carbonyl (C=O) groups excluding carboxylic acids is 1. The molecule has 0 aliphatic heterocycles. The number of rotatable bonds is 7. The molecular weight excluding hydrogens is 434 g/mol. The quantitative estimate of drug-likeness (QED) is 0.631. The zero-order valence-corrected chi connectivity index (χ0v) is 19.6. The van der Waals surface area contributed by atoms with E-state index in [1.807, 2.05) is 13.0 Å². The Labute approximate surface area is 187 Å². The zero-order valence-electron chi connectivity index (χ0n) is 17.9. The number of thiazole rings is 1. The van der Waals surface area contributed by atoms with E-state index in [0.29, 0.717) is 10.9 Å². The molecule has 2 aliphatic rings. The first-order valence-electron chi connectivity index (χ1n) is 10.9. The second-order valence-electron chi connectivity index (χ2n) is 8.37. The van der Waals surface area contributed by atoms with Crippen molar-refractivity contribution in [3.05, 3.63) is 23.9 Å². The van der Waals surface area contributed by atoms with Crippen molar-refractivity contribution in [2.45, 2.75) is 69.2 Å². The summed E-state index contributed by atoms with van der Waals surface area (Å²) in [4.78, 5) is 17.9.